The highest BCUT2D eigenvalue weighted by atomic mass is 32.2. The van der Waals surface area contributed by atoms with E-state index in [1.807, 2.05) is 0 Å². The normalized spacial score (nSPS) is 22.6. The van der Waals surface area contributed by atoms with Crippen molar-refractivity contribution in [2.24, 2.45) is 11.7 Å². The molecule has 0 aliphatic heterocycles. The molecule has 14 heavy (non-hydrogen) atoms. The van der Waals surface area contributed by atoms with Gasteiger partial charge in [-0.15, -0.1) is 0 Å². The van der Waals surface area contributed by atoms with E-state index in [2.05, 4.69) is 0 Å². The maximum atomic E-state index is 10.9. The van der Waals surface area contributed by atoms with E-state index in [-0.39, 0.29) is 17.0 Å². The lowest BCUT2D eigenvalue weighted by atomic mass is 9.97. The lowest BCUT2D eigenvalue weighted by molar-refractivity contribution is -0.104. The fourth-order valence-corrected chi connectivity index (χ4v) is 2.21. The average molecular weight is 217 g/mol. The van der Waals surface area contributed by atoms with Gasteiger partial charge in [0.1, 0.15) is 6.29 Å². The van der Waals surface area contributed by atoms with Gasteiger partial charge in [0.2, 0.25) is 0 Å². The van der Waals surface area contributed by atoms with Crippen LogP contribution in [0.4, 0.5) is 0 Å². The van der Waals surface area contributed by atoms with Crippen molar-refractivity contribution < 1.29 is 17.8 Å². The van der Waals surface area contributed by atoms with Crippen LogP contribution in [0, 0.1) is 5.92 Å². The first-order valence-corrected chi connectivity index (χ1v) is 5.47. The smallest absolute Gasteiger partial charge is 0.290 e. The molecule has 0 radical (unpaired) electrons. The van der Waals surface area contributed by atoms with Gasteiger partial charge in [-0.3, -0.25) is 9.35 Å². The van der Waals surface area contributed by atoms with Crippen molar-refractivity contribution in [1.82, 2.24) is 0 Å². The molecule has 1 aliphatic carbocycles. The van der Waals surface area contributed by atoms with E-state index in [1.54, 1.807) is 6.08 Å². The Hall–Kier alpha value is -0.980. The van der Waals surface area contributed by atoms with Crippen molar-refractivity contribution in [2.45, 2.75) is 6.42 Å². The fraction of sp³-hybridized carbons (Fsp3) is 0.375. The minimum Gasteiger partial charge on any atom is -0.330 e. The van der Waals surface area contributed by atoms with E-state index in [1.165, 1.54) is 0 Å². The Kier molecular flexibility index (Phi) is 3.20. The van der Waals surface area contributed by atoms with Crippen molar-refractivity contribution in [1.29, 1.82) is 0 Å². The van der Waals surface area contributed by atoms with Gasteiger partial charge >= 0.3 is 0 Å². The highest BCUT2D eigenvalue weighted by molar-refractivity contribution is 7.89. The first-order valence-electron chi connectivity index (χ1n) is 4.03. The second-order valence-corrected chi connectivity index (χ2v) is 4.43. The third kappa shape index (κ3) is 2.28. The number of rotatable bonds is 3. The first-order chi connectivity index (χ1) is 6.49. The van der Waals surface area contributed by atoms with Gasteiger partial charge in [-0.25, -0.2) is 0 Å². The molecule has 1 aliphatic rings. The van der Waals surface area contributed by atoms with E-state index in [0.717, 1.165) is 6.08 Å². The van der Waals surface area contributed by atoms with Gasteiger partial charge in [0.05, 0.1) is 4.91 Å². The predicted octanol–water partition coefficient (Wildman–Crippen LogP) is -0.138. The molecule has 0 heterocycles. The molecule has 0 saturated heterocycles. The van der Waals surface area contributed by atoms with Crippen LogP contribution < -0.4 is 5.73 Å². The lowest BCUT2D eigenvalue weighted by Gasteiger charge is -2.18. The number of carbonyl (C=O) groups excluding carboxylic acids is 1. The summed E-state index contributed by atoms with van der Waals surface area (Å²) in [6, 6.07) is 0. The molecule has 0 aromatic carbocycles. The summed E-state index contributed by atoms with van der Waals surface area (Å²) >= 11 is 0. The summed E-state index contributed by atoms with van der Waals surface area (Å²) in [5.74, 6) is -0.436. The summed E-state index contributed by atoms with van der Waals surface area (Å²) in [4.78, 5) is 10.2. The van der Waals surface area contributed by atoms with Gasteiger partial charge in [0.25, 0.3) is 10.1 Å². The fourth-order valence-electron chi connectivity index (χ4n) is 1.32. The van der Waals surface area contributed by atoms with E-state index in [4.69, 9.17) is 10.3 Å². The Morgan fingerprint density at radius 3 is 2.71 bits per heavy atom. The molecular formula is C8H11NO4S. The third-order valence-electron chi connectivity index (χ3n) is 2.07. The standard InChI is InChI=1S/C8H11NO4S/c9-4-7-2-1-6(5-10)3-8(7)14(11,12)13/h1,3,5,7H,2,4,9H2,(H,11,12,13). The van der Waals surface area contributed by atoms with Crippen molar-refractivity contribution in [3.05, 3.63) is 22.6 Å². The monoisotopic (exact) mass is 217 g/mol. The molecule has 3 N–H and O–H groups in total. The van der Waals surface area contributed by atoms with Crippen LogP contribution in [0.25, 0.3) is 0 Å². The molecule has 0 spiro atoms. The number of allylic oxidation sites excluding steroid dienone is 3. The van der Waals surface area contributed by atoms with Crippen molar-refractivity contribution in [3.8, 4) is 0 Å². The van der Waals surface area contributed by atoms with Crippen LogP contribution in [0.2, 0.25) is 0 Å². The highest BCUT2D eigenvalue weighted by Crippen LogP contribution is 2.26. The Bertz CT molecular complexity index is 394. The van der Waals surface area contributed by atoms with Crippen LogP contribution in [-0.4, -0.2) is 25.8 Å². The molecule has 0 saturated carbocycles. The minimum absolute atomic E-state index is 0.119. The second-order valence-electron chi connectivity index (χ2n) is 3.01. The Balaban J connectivity index is 3.13. The highest BCUT2D eigenvalue weighted by Gasteiger charge is 2.25. The predicted molar refractivity (Wildman–Crippen MR) is 50.9 cm³/mol. The van der Waals surface area contributed by atoms with E-state index in [9.17, 15) is 13.2 Å². The molecule has 78 valence electrons. The number of aldehydes is 1. The maximum absolute atomic E-state index is 10.9. The van der Waals surface area contributed by atoms with Gasteiger partial charge in [-0.05, 0) is 12.5 Å². The van der Waals surface area contributed by atoms with Crippen LogP contribution in [0.5, 0.6) is 0 Å². The molecule has 1 rings (SSSR count). The van der Waals surface area contributed by atoms with Gasteiger partial charge in [0.15, 0.2) is 0 Å². The van der Waals surface area contributed by atoms with Crippen LogP contribution in [-0.2, 0) is 14.9 Å². The molecule has 0 aromatic rings. The summed E-state index contributed by atoms with van der Waals surface area (Å²) in [5.41, 5.74) is 5.60. The van der Waals surface area contributed by atoms with Crippen LogP contribution >= 0.6 is 0 Å². The Labute approximate surface area is 82.0 Å². The van der Waals surface area contributed by atoms with Crippen LogP contribution in [0.1, 0.15) is 6.42 Å². The molecule has 6 heteroatoms. The Morgan fingerprint density at radius 2 is 2.29 bits per heavy atom. The third-order valence-corrected chi connectivity index (χ3v) is 3.11. The molecule has 0 amide bonds. The Morgan fingerprint density at radius 1 is 1.64 bits per heavy atom. The summed E-state index contributed by atoms with van der Waals surface area (Å²) in [6.07, 6.45) is 3.65. The molecule has 1 atom stereocenters. The van der Waals surface area contributed by atoms with Crippen LogP contribution in [0.15, 0.2) is 22.6 Å². The zero-order valence-corrected chi connectivity index (χ0v) is 8.20. The van der Waals surface area contributed by atoms with Crippen LogP contribution in [0.3, 0.4) is 0 Å². The number of nitrogens with two attached hydrogens (primary N) is 1. The molecule has 0 fully saturated rings. The topological polar surface area (TPSA) is 97.5 Å². The van der Waals surface area contributed by atoms with E-state index < -0.39 is 16.0 Å². The van der Waals surface area contributed by atoms with Gasteiger partial charge in [-0.1, -0.05) is 6.08 Å². The van der Waals surface area contributed by atoms with Crippen molar-refractivity contribution in [3.63, 3.8) is 0 Å². The van der Waals surface area contributed by atoms with Gasteiger partial charge in [-0.2, -0.15) is 8.42 Å². The number of hydrogen-bond acceptors (Lipinski definition) is 4. The summed E-state index contributed by atoms with van der Waals surface area (Å²) in [7, 11) is -4.25. The molecule has 5 nitrogen and oxygen atoms in total. The number of hydrogen-bond donors (Lipinski definition) is 2. The summed E-state index contributed by atoms with van der Waals surface area (Å²) < 4.78 is 30.7. The van der Waals surface area contributed by atoms with E-state index >= 15 is 0 Å². The van der Waals surface area contributed by atoms with Gasteiger partial charge in [0, 0.05) is 18.0 Å². The molecule has 0 aromatic heterocycles. The first kappa shape index (κ1) is 11.1. The summed E-state index contributed by atoms with van der Waals surface area (Å²) in [6.45, 7) is 0.119. The SMILES string of the molecule is NCC1CC=C(C=O)C=C1S(=O)(=O)O. The summed E-state index contributed by atoms with van der Waals surface area (Å²) in [5, 5.41) is 0. The average Bonchev–Trinajstić information content (AvgIpc) is 2.15. The zero-order valence-electron chi connectivity index (χ0n) is 7.38. The molecule has 0 bridgehead atoms. The number of carbonyl (C=O) groups is 1. The van der Waals surface area contributed by atoms with Gasteiger partial charge < -0.3 is 5.73 Å². The zero-order chi connectivity index (χ0) is 10.8. The molecular weight excluding hydrogens is 206 g/mol. The van der Waals surface area contributed by atoms with Crippen molar-refractivity contribution >= 4 is 16.4 Å². The maximum Gasteiger partial charge on any atom is 0.290 e. The van der Waals surface area contributed by atoms with E-state index in [0.29, 0.717) is 12.7 Å². The minimum atomic E-state index is -4.25. The largest absolute Gasteiger partial charge is 0.330 e. The van der Waals surface area contributed by atoms with Crippen molar-refractivity contribution in [2.75, 3.05) is 6.54 Å². The quantitative estimate of drug-likeness (QED) is 0.506. The second kappa shape index (κ2) is 4.04. The lowest BCUT2D eigenvalue weighted by Crippen LogP contribution is -2.23. The molecule has 1 unspecified atom stereocenters.